The first-order valence-corrected chi connectivity index (χ1v) is 4.84. The van der Waals surface area contributed by atoms with Crippen molar-refractivity contribution in [2.45, 2.75) is 6.04 Å². The molecule has 1 aliphatic carbocycles. The van der Waals surface area contributed by atoms with E-state index in [4.69, 9.17) is 10.5 Å². The molecule has 0 radical (unpaired) electrons. The summed E-state index contributed by atoms with van der Waals surface area (Å²) in [6, 6.07) is 4.26. The standard InChI is InChI=1S/C10H14N2O/c11-10(8-2-1-3-12-8)9-6-4-13-5-7(6)9/h1-3,6-7,9-10,12H,4-5,11H2. The van der Waals surface area contributed by atoms with E-state index in [0.29, 0.717) is 5.92 Å². The lowest BCUT2D eigenvalue weighted by atomic mass is 10.1. The molecule has 1 aromatic rings. The Labute approximate surface area is 77.3 Å². The number of aromatic nitrogens is 1. The van der Waals surface area contributed by atoms with Gasteiger partial charge in [-0.3, -0.25) is 0 Å². The van der Waals surface area contributed by atoms with Crippen molar-refractivity contribution >= 4 is 0 Å². The second-order valence-corrected chi connectivity index (χ2v) is 4.09. The molecule has 3 unspecified atom stereocenters. The van der Waals surface area contributed by atoms with Crippen LogP contribution in [-0.4, -0.2) is 18.2 Å². The van der Waals surface area contributed by atoms with Gasteiger partial charge in [0.15, 0.2) is 0 Å². The van der Waals surface area contributed by atoms with E-state index in [-0.39, 0.29) is 6.04 Å². The summed E-state index contributed by atoms with van der Waals surface area (Å²) in [5.74, 6) is 2.13. The summed E-state index contributed by atoms with van der Waals surface area (Å²) in [7, 11) is 0. The van der Waals surface area contributed by atoms with Crippen molar-refractivity contribution in [1.82, 2.24) is 4.98 Å². The number of hydrogen-bond acceptors (Lipinski definition) is 2. The molecule has 3 nitrogen and oxygen atoms in total. The van der Waals surface area contributed by atoms with E-state index >= 15 is 0 Å². The van der Waals surface area contributed by atoms with Gasteiger partial charge in [0.1, 0.15) is 0 Å². The van der Waals surface area contributed by atoms with Gasteiger partial charge in [-0.15, -0.1) is 0 Å². The average molecular weight is 178 g/mol. The molecule has 3 heteroatoms. The molecule has 2 fully saturated rings. The first-order chi connectivity index (χ1) is 6.38. The molecule has 0 amide bonds. The van der Waals surface area contributed by atoms with Gasteiger partial charge in [-0.05, 0) is 29.9 Å². The van der Waals surface area contributed by atoms with Crippen LogP contribution in [0.1, 0.15) is 11.7 Å². The maximum absolute atomic E-state index is 6.15. The van der Waals surface area contributed by atoms with Gasteiger partial charge in [-0.1, -0.05) is 0 Å². The van der Waals surface area contributed by atoms with E-state index in [1.165, 1.54) is 5.69 Å². The third-order valence-corrected chi connectivity index (χ3v) is 3.41. The Kier molecular flexibility index (Phi) is 1.51. The summed E-state index contributed by atoms with van der Waals surface area (Å²) in [6.07, 6.45) is 1.93. The number of nitrogens with two attached hydrogens (primary N) is 1. The molecule has 3 atom stereocenters. The molecule has 3 rings (SSSR count). The van der Waals surface area contributed by atoms with Crippen molar-refractivity contribution in [3.63, 3.8) is 0 Å². The number of fused-ring (bicyclic) bond motifs is 1. The van der Waals surface area contributed by atoms with Gasteiger partial charge in [0.05, 0.1) is 13.2 Å². The maximum atomic E-state index is 6.15. The molecular weight excluding hydrogens is 164 g/mol. The molecule has 0 spiro atoms. The van der Waals surface area contributed by atoms with Gasteiger partial charge in [0.25, 0.3) is 0 Å². The van der Waals surface area contributed by atoms with Crippen molar-refractivity contribution in [2.24, 2.45) is 23.5 Å². The van der Waals surface area contributed by atoms with E-state index in [0.717, 1.165) is 25.0 Å². The number of H-pyrrole nitrogens is 1. The van der Waals surface area contributed by atoms with Gasteiger partial charge in [-0.25, -0.2) is 0 Å². The van der Waals surface area contributed by atoms with Crippen LogP contribution >= 0.6 is 0 Å². The van der Waals surface area contributed by atoms with Crippen LogP contribution in [0.3, 0.4) is 0 Å². The van der Waals surface area contributed by atoms with E-state index in [1.54, 1.807) is 0 Å². The minimum atomic E-state index is 0.189. The maximum Gasteiger partial charge on any atom is 0.0501 e. The largest absolute Gasteiger partial charge is 0.381 e. The summed E-state index contributed by atoms with van der Waals surface area (Å²) in [4.78, 5) is 3.18. The van der Waals surface area contributed by atoms with Crippen LogP contribution in [0.4, 0.5) is 0 Å². The Morgan fingerprint density at radius 2 is 2.23 bits per heavy atom. The van der Waals surface area contributed by atoms with Crippen molar-refractivity contribution in [3.8, 4) is 0 Å². The SMILES string of the molecule is NC(c1ccc[nH]1)C1C2COCC21. The second kappa shape index (κ2) is 2.59. The summed E-state index contributed by atoms with van der Waals surface area (Å²) in [5.41, 5.74) is 7.31. The van der Waals surface area contributed by atoms with E-state index in [9.17, 15) is 0 Å². The van der Waals surface area contributed by atoms with Crippen LogP contribution in [-0.2, 0) is 4.74 Å². The number of aromatic amines is 1. The van der Waals surface area contributed by atoms with Crippen LogP contribution < -0.4 is 5.73 Å². The quantitative estimate of drug-likeness (QED) is 0.707. The fourth-order valence-electron chi connectivity index (χ4n) is 2.58. The number of ether oxygens (including phenoxy) is 1. The zero-order valence-corrected chi connectivity index (χ0v) is 7.44. The minimum absolute atomic E-state index is 0.189. The zero-order valence-electron chi connectivity index (χ0n) is 7.44. The molecule has 13 heavy (non-hydrogen) atoms. The Balaban J connectivity index is 1.74. The van der Waals surface area contributed by atoms with Crippen LogP contribution in [0, 0.1) is 17.8 Å². The predicted octanol–water partition coefficient (Wildman–Crippen LogP) is 0.907. The molecule has 0 aromatic carbocycles. The molecule has 1 saturated carbocycles. The summed E-state index contributed by atoms with van der Waals surface area (Å²) in [5, 5.41) is 0. The highest BCUT2D eigenvalue weighted by Crippen LogP contribution is 2.55. The monoisotopic (exact) mass is 178 g/mol. The molecule has 2 aliphatic rings. The van der Waals surface area contributed by atoms with Crippen molar-refractivity contribution in [3.05, 3.63) is 24.0 Å². The number of nitrogens with one attached hydrogen (secondary N) is 1. The smallest absolute Gasteiger partial charge is 0.0501 e. The van der Waals surface area contributed by atoms with Crippen LogP contribution in [0.2, 0.25) is 0 Å². The second-order valence-electron chi connectivity index (χ2n) is 4.09. The topological polar surface area (TPSA) is 51.0 Å². The average Bonchev–Trinajstić information content (AvgIpc) is 2.68. The highest BCUT2D eigenvalue weighted by Gasteiger charge is 2.56. The summed E-state index contributed by atoms with van der Waals surface area (Å²) < 4.78 is 5.34. The molecule has 1 aromatic heterocycles. The summed E-state index contributed by atoms with van der Waals surface area (Å²) >= 11 is 0. The fourth-order valence-corrected chi connectivity index (χ4v) is 2.58. The van der Waals surface area contributed by atoms with E-state index in [1.807, 2.05) is 12.3 Å². The number of rotatable bonds is 2. The molecule has 1 aliphatic heterocycles. The Morgan fingerprint density at radius 3 is 2.85 bits per heavy atom. The van der Waals surface area contributed by atoms with Gasteiger partial charge in [0.2, 0.25) is 0 Å². The molecular formula is C10H14N2O. The lowest BCUT2D eigenvalue weighted by Gasteiger charge is -2.11. The van der Waals surface area contributed by atoms with Crippen molar-refractivity contribution in [2.75, 3.05) is 13.2 Å². The highest BCUT2D eigenvalue weighted by molar-refractivity contribution is 5.16. The fraction of sp³-hybridized carbons (Fsp3) is 0.600. The van der Waals surface area contributed by atoms with Gasteiger partial charge >= 0.3 is 0 Å². The predicted molar refractivity (Wildman–Crippen MR) is 49.0 cm³/mol. The molecule has 2 heterocycles. The Morgan fingerprint density at radius 1 is 1.46 bits per heavy atom. The summed E-state index contributed by atoms with van der Waals surface area (Å²) in [6.45, 7) is 1.84. The highest BCUT2D eigenvalue weighted by atomic mass is 16.5. The minimum Gasteiger partial charge on any atom is -0.381 e. The van der Waals surface area contributed by atoms with Gasteiger partial charge in [0, 0.05) is 17.9 Å². The first kappa shape index (κ1) is 7.59. The molecule has 0 bridgehead atoms. The van der Waals surface area contributed by atoms with Crippen molar-refractivity contribution in [1.29, 1.82) is 0 Å². The number of hydrogen-bond donors (Lipinski definition) is 2. The third-order valence-electron chi connectivity index (χ3n) is 3.41. The lowest BCUT2D eigenvalue weighted by Crippen LogP contribution is -2.17. The van der Waals surface area contributed by atoms with Crippen LogP contribution in [0.25, 0.3) is 0 Å². The van der Waals surface area contributed by atoms with Crippen LogP contribution in [0.15, 0.2) is 18.3 Å². The van der Waals surface area contributed by atoms with Crippen molar-refractivity contribution < 1.29 is 4.74 Å². The first-order valence-electron chi connectivity index (χ1n) is 4.84. The molecule has 70 valence electrons. The van der Waals surface area contributed by atoms with Gasteiger partial charge < -0.3 is 15.5 Å². The normalized spacial score (nSPS) is 38.7. The lowest BCUT2D eigenvalue weighted by molar-refractivity contribution is 0.146. The third kappa shape index (κ3) is 1.04. The Bertz CT molecular complexity index is 286. The Hall–Kier alpha value is -0.800. The zero-order chi connectivity index (χ0) is 8.84. The molecule has 3 N–H and O–H groups in total. The van der Waals surface area contributed by atoms with E-state index < -0.39 is 0 Å². The molecule has 1 saturated heterocycles. The van der Waals surface area contributed by atoms with Gasteiger partial charge in [-0.2, -0.15) is 0 Å². The van der Waals surface area contributed by atoms with Crippen LogP contribution in [0.5, 0.6) is 0 Å². The van der Waals surface area contributed by atoms with E-state index in [2.05, 4.69) is 11.1 Å².